The van der Waals surface area contributed by atoms with Gasteiger partial charge in [0.05, 0.1) is 0 Å². The highest BCUT2D eigenvalue weighted by Gasteiger charge is 2.26. The second-order valence-electron chi connectivity index (χ2n) is 7.03. The molecule has 1 aliphatic carbocycles. The summed E-state index contributed by atoms with van der Waals surface area (Å²) in [5.41, 5.74) is 8.52. The monoisotopic (exact) mass is 366 g/mol. The molecule has 1 aromatic heterocycles. The summed E-state index contributed by atoms with van der Waals surface area (Å²) in [5.74, 6) is -0.108. The minimum atomic E-state index is -0.271. The summed E-state index contributed by atoms with van der Waals surface area (Å²) < 4.78 is 0. The molecule has 2 aromatic rings. The van der Waals surface area contributed by atoms with Crippen LogP contribution in [-0.4, -0.2) is 34.3 Å². The van der Waals surface area contributed by atoms with E-state index in [-0.39, 0.29) is 17.9 Å². The van der Waals surface area contributed by atoms with E-state index in [1.807, 2.05) is 17.0 Å². The number of carbonyl (C=O) groups excluding carboxylic acids is 2. The molecule has 6 nitrogen and oxygen atoms in total. The van der Waals surface area contributed by atoms with E-state index in [9.17, 15) is 9.59 Å². The Hall–Kier alpha value is -2.73. The van der Waals surface area contributed by atoms with Gasteiger partial charge in [0, 0.05) is 49.2 Å². The summed E-state index contributed by atoms with van der Waals surface area (Å²) in [4.78, 5) is 30.2. The zero-order valence-corrected chi connectivity index (χ0v) is 15.6. The van der Waals surface area contributed by atoms with E-state index in [2.05, 4.69) is 10.3 Å². The normalized spacial score (nSPS) is 15.3. The Morgan fingerprint density at radius 2 is 1.78 bits per heavy atom. The van der Waals surface area contributed by atoms with Crippen molar-refractivity contribution in [2.24, 2.45) is 5.73 Å². The Morgan fingerprint density at radius 3 is 2.37 bits per heavy atom. The number of rotatable bonds is 6. The van der Waals surface area contributed by atoms with Crippen molar-refractivity contribution in [1.82, 2.24) is 9.88 Å². The molecule has 27 heavy (non-hydrogen) atoms. The van der Waals surface area contributed by atoms with Crippen molar-refractivity contribution in [2.45, 2.75) is 44.7 Å². The second-order valence-corrected chi connectivity index (χ2v) is 7.03. The molecule has 1 atom stereocenters. The second kappa shape index (κ2) is 8.77. The van der Waals surface area contributed by atoms with Crippen molar-refractivity contribution >= 4 is 17.5 Å². The molecule has 3 N–H and O–H groups in total. The Bertz CT molecular complexity index is 771. The van der Waals surface area contributed by atoms with Crippen LogP contribution in [-0.2, 0) is 4.79 Å². The number of hydrogen-bond donors (Lipinski definition) is 2. The maximum Gasteiger partial charge on any atom is 0.255 e. The fourth-order valence-electron chi connectivity index (χ4n) is 3.59. The largest absolute Gasteiger partial charge is 0.338 e. The average molecular weight is 366 g/mol. The summed E-state index contributed by atoms with van der Waals surface area (Å²) in [6, 6.07) is 10.8. The highest BCUT2D eigenvalue weighted by atomic mass is 16.2. The highest BCUT2D eigenvalue weighted by Crippen LogP contribution is 2.25. The minimum absolute atomic E-state index is 0.0747. The third-order valence-electron chi connectivity index (χ3n) is 5.10. The van der Waals surface area contributed by atoms with Crippen LogP contribution in [0.4, 0.5) is 5.69 Å². The van der Waals surface area contributed by atoms with Crippen molar-refractivity contribution in [3.05, 3.63) is 59.9 Å². The third kappa shape index (κ3) is 4.92. The molecule has 1 fully saturated rings. The lowest BCUT2D eigenvalue weighted by molar-refractivity contribution is -0.131. The van der Waals surface area contributed by atoms with E-state index in [1.165, 1.54) is 12.8 Å². The molecule has 0 saturated heterocycles. The summed E-state index contributed by atoms with van der Waals surface area (Å²) in [5, 5.41) is 2.83. The number of nitrogens with one attached hydrogen (secondary N) is 1. The first-order valence-electron chi connectivity index (χ1n) is 9.38. The van der Waals surface area contributed by atoms with Crippen LogP contribution in [0.5, 0.6) is 0 Å². The third-order valence-corrected chi connectivity index (χ3v) is 5.10. The fourth-order valence-corrected chi connectivity index (χ4v) is 3.59. The number of hydrogen-bond acceptors (Lipinski definition) is 4. The predicted molar refractivity (Wildman–Crippen MR) is 105 cm³/mol. The smallest absolute Gasteiger partial charge is 0.255 e. The van der Waals surface area contributed by atoms with Crippen LogP contribution < -0.4 is 11.1 Å². The molecular weight excluding hydrogens is 340 g/mol. The summed E-state index contributed by atoms with van der Waals surface area (Å²) >= 11 is 0. The molecule has 0 spiro atoms. The van der Waals surface area contributed by atoms with Crippen LogP contribution in [0.1, 0.15) is 54.6 Å². The van der Waals surface area contributed by atoms with Crippen LogP contribution in [0, 0.1) is 0 Å². The first-order chi connectivity index (χ1) is 13.0. The lowest BCUT2D eigenvalue weighted by Gasteiger charge is -2.30. The standard InChI is InChI=1S/C21H26N4O2/c1-15(26)25(19-4-2-3-5-19)14-20(22)16-6-8-17(9-7-16)21(27)24-18-10-12-23-13-11-18/h6-13,19-20H,2-5,14,22H2,1H3,(H,23,24,27). The zero-order valence-electron chi connectivity index (χ0n) is 15.6. The summed E-state index contributed by atoms with van der Waals surface area (Å²) in [6.07, 6.45) is 7.71. The van der Waals surface area contributed by atoms with Crippen molar-refractivity contribution in [1.29, 1.82) is 0 Å². The van der Waals surface area contributed by atoms with Crippen LogP contribution >= 0.6 is 0 Å². The van der Waals surface area contributed by atoms with Crippen molar-refractivity contribution < 1.29 is 9.59 Å². The van der Waals surface area contributed by atoms with Crippen LogP contribution in [0.25, 0.3) is 0 Å². The van der Waals surface area contributed by atoms with Gasteiger partial charge in [0.25, 0.3) is 5.91 Å². The SMILES string of the molecule is CC(=O)N(CC(N)c1ccc(C(=O)Nc2ccncc2)cc1)C1CCCC1. The molecular formula is C21H26N4O2. The van der Waals surface area contributed by atoms with Crippen LogP contribution in [0.15, 0.2) is 48.8 Å². The Labute approximate surface area is 159 Å². The first-order valence-corrected chi connectivity index (χ1v) is 9.38. The predicted octanol–water partition coefficient (Wildman–Crippen LogP) is 3.12. The van der Waals surface area contributed by atoms with E-state index >= 15 is 0 Å². The average Bonchev–Trinajstić information content (AvgIpc) is 3.21. The van der Waals surface area contributed by atoms with E-state index in [1.54, 1.807) is 43.6 Å². The van der Waals surface area contributed by atoms with Gasteiger partial charge in [-0.1, -0.05) is 25.0 Å². The molecule has 3 rings (SSSR count). The number of carbonyl (C=O) groups is 2. The van der Waals surface area contributed by atoms with Gasteiger partial charge in [0.15, 0.2) is 0 Å². The van der Waals surface area contributed by atoms with Crippen LogP contribution in [0.2, 0.25) is 0 Å². The maximum absolute atomic E-state index is 12.3. The van der Waals surface area contributed by atoms with E-state index in [4.69, 9.17) is 5.73 Å². The topological polar surface area (TPSA) is 88.3 Å². The maximum atomic E-state index is 12.3. The summed E-state index contributed by atoms with van der Waals surface area (Å²) in [6.45, 7) is 2.11. The first kappa shape index (κ1) is 19.0. The molecule has 2 amide bonds. The number of benzene rings is 1. The Balaban J connectivity index is 1.63. The van der Waals surface area contributed by atoms with Crippen LogP contribution in [0.3, 0.4) is 0 Å². The zero-order chi connectivity index (χ0) is 19.2. The molecule has 0 aliphatic heterocycles. The summed E-state index contributed by atoms with van der Waals surface area (Å²) in [7, 11) is 0. The van der Waals surface area contributed by atoms with Gasteiger partial charge in [-0.15, -0.1) is 0 Å². The van der Waals surface area contributed by atoms with Gasteiger partial charge in [-0.3, -0.25) is 14.6 Å². The number of anilines is 1. The van der Waals surface area contributed by atoms with Crippen molar-refractivity contribution in [2.75, 3.05) is 11.9 Å². The number of nitrogens with zero attached hydrogens (tertiary/aromatic N) is 2. The lowest BCUT2D eigenvalue weighted by atomic mass is 10.0. The number of nitrogens with two attached hydrogens (primary N) is 1. The Morgan fingerprint density at radius 1 is 1.15 bits per heavy atom. The molecule has 1 heterocycles. The van der Waals surface area contributed by atoms with Gasteiger partial charge in [0.1, 0.15) is 0 Å². The van der Waals surface area contributed by atoms with E-state index in [0.29, 0.717) is 23.8 Å². The fraction of sp³-hybridized carbons (Fsp3) is 0.381. The van der Waals surface area contributed by atoms with E-state index in [0.717, 1.165) is 18.4 Å². The van der Waals surface area contributed by atoms with Gasteiger partial charge in [-0.05, 0) is 42.7 Å². The Kier molecular flexibility index (Phi) is 6.19. The number of pyridine rings is 1. The molecule has 1 aliphatic rings. The van der Waals surface area contributed by atoms with Gasteiger partial charge in [0.2, 0.25) is 5.91 Å². The molecule has 1 unspecified atom stereocenters. The quantitative estimate of drug-likeness (QED) is 0.822. The van der Waals surface area contributed by atoms with Gasteiger partial charge in [-0.2, -0.15) is 0 Å². The molecule has 0 radical (unpaired) electrons. The highest BCUT2D eigenvalue weighted by molar-refractivity contribution is 6.04. The van der Waals surface area contributed by atoms with Crippen molar-refractivity contribution in [3.8, 4) is 0 Å². The molecule has 6 heteroatoms. The van der Waals surface area contributed by atoms with Crippen molar-refractivity contribution in [3.63, 3.8) is 0 Å². The number of aromatic nitrogens is 1. The molecule has 0 bridgehead atoms. The molecule has 142 valence electrons. The van der Waals surface area contributed by atoms with E-state index < -0.39 is 0 Å². The number of amides is 2. The minimum Gasteiger partial charge on any atom is -0.338 e. The molecule has 1 saturated carbocycles. The molecule has 1 aromatic carbocycles. The lowest BCUT2D eigenvalue weighted by Crippen LogP contribution is -2.41. The van der Waals surface area contributed by atoms with Gasteiger partial charge < -0.3 is 16.0 Å². The van der Waals surface area contributed by atoms with Gasteiger partial charge in [-0.25, -0.2) is 0 Å². The van der Waals surface area contributed by atoms with Gasteiger partial charge >= 0.3 is 0 Å².